The van der Waals surface area contributed by atoms with E-state index >= 15 is 0 Å². The molecule has 1 heterocycles. The number of ether oxygens (including phenoxy) is 1. The monoisotopic (exact) mass is 461 g/mol. The van der Waals surface area contributed by atoms with E-state index in [1.807, 2.05) is 37.3 Å². The summed E-state index contributed by atoms with van der Waals surface area (Å²) < 4.78 is 6.85. The molecule has 0 fully saturated rings. The second kappa shape index (κ2) is 9.46. The van der Waals surface area contributed by atoms with Gasteiger partial charge in [0, 0.05) is 17.6 Å². The fourth-order valence-corrected chi connectivity index (χ4v) is 4.05. The number of carbonyl (C=O) groups excluding carboxylic acids is 1. The topological polar surface area (TPSA) is 64.4 Å². The molecule has 0 aliphatic carbocycles. The van der Waals surface area contributed by atoms with Gasteiger partial charge in [0.25, 0.3) is 11.5 Å². The molecule has 6 nitrogen and oxygen atoms in total. The number of amides is 1. The Bertz CT molecular complexity index is 1350. The van der Waals surface area contributed by atoms with Crippen LogP contribution in [-0.4, -0.2) is 34.5 Å². The number of benzene rings is 3. The Morgan fingerprint density at radius 3 is 2.36 bits per heavy atom. The van der Waals surface area contributed by atoms with Crippen molar-refractivity contribution in [3.63, 3.8) is 0 Å². The summed E-state index contributed by atoms with van der Waals surface area (Å²) in [5.41, 5.74) is 1.57. The first-order valence-corrected chi connectivity index (χ1v) is 11.0. The van der Waals surface area contributed by atoms with Crippen LogP contribution in [-0.2, 0) is 0 Å². The molecule has 1 amide bonds. The zero-order valence-electron chi connectivity index (χ0n) is 18.7. The summed E-state index contributed by atoms with van der Waals surface area (Å²) in [6.45, 7) is 1.97. The quantitative estimate of drug-likeness (QED) is 0.392. The summed E-state index contributed by atoms with van der Waals surface area (Å²) in [5, 5.41) is 1.07. The van der Waals surface area contributed by atoms with Crippen LogP contribution >= 0.6 is 11.6 Å². The van der Waals surface area contributed by atoms with Crippen LogP contribution in [0.5, 0.6) is 5.75 Å². The second-order valence-corrected chi connectivity index (χ2v) is 8.11. The highest BCUT2D eigenvalue weighted by Gasteiger charge is 2.27. The van der Waals surface area contributed by atoms with Crippen LogP contribution in [0.15, 0.2) is 77.6 Å². The van der Waals surface area contributed by atoms with E-state index in [-0.39, 0.29) is 11.5 Å². The van der Waals surface area contributed by atoms with Gasteiger partial charge in [0.15, 0.2) is 0 Å². The Kier molecular flexibility index (Phi) is 6.47. The minimum atomic E-state index is -0.437. The molecule has 0 spiro atoms. The molecule has 1 aromatic heterocycles. The number of halogens is 1. The zero-order valence-corrected chi connectivity index (χ0v) is 19.4. The van der Waals surface area contributed by atoms with Crippen LogP contribution in [0.3, 0.4) is 0 Å². The van der Waals surface area contributed by atoms with E-state index in [2.05, 4.69) is 0 Å². The van der Waals surface area contributed by atoms with E-state index in [9.17, 15) is 9.59 Å². The summed E-state index contributed by atoms with van der Waals surface area (Å²) in [5.74, 6) is 1.00. The third-order valence-electron chi connectivity index (χ3n) is 5.70. The van der Waals surface area contributed by atoms with Crippen LogP contribution in [0.2, 0.25) is 5.02 Å². The van der Waals surface area contributed by atoms with E-state index < -0.39 is 6.04 Å². The highest BCUT2D eigenvalue weighted by atomic mass is 35.5. The van der Waals surface area contributed by atoms with E-state index in [1.165, 1.54) is 0 Å². The number of para-hydroxylation sites is 1. The van der Waals surface area contributed by atoms with Crippen molar-refractivity contribution in [2.24, 2.45) is 0 Å². The fourth-order valence-electron chi connectivity index (χ4n) is 3.92. The van der Waals surface area contributed by atoms with Gasteiger partial charge in [-0.05, 0) is 67.1 Å². The molecule has 0 aliphatic rings. The van der Waals surface area contributed by atoms with Gasteiger partial charge in [-0.25, -0.2) is 4.98 Å². The number of hydrogen-bond donors (Lipinski definition) is 0. The average Bonchev–Trinajstić information content (AvgIpc) is 2.85. The van der Waals surface area contributed by atoms with Crippen LogP contribution < -0.4 is 10.3 Å². The first kappa shape index (κ1) is 22.6. The Morgan fingerprint density at radius 2 is 1.73 bits per heavy atom. The van der Waals surface area contributed by atoms with Crippen LogP contribution in [0.4, 0.5) is 0 Å². The smallest absolute Gasteiger partial charge is 0.266 e. The fraction of sp³-hybridized carbons (Fsp3) is 0.192. The first-order valence-electron chi connectivity index (χ1n) is 10.6. The molecule has 3 aromatic carbocycles. The molecule has 168 valence electrons. The first-order chi connectivity index (χ1) is 15.9. The number of fused-ring (bicyclic) bond motifs is 1. The van der Waals surface area contributed by atoms with Crippen molar-refractivity contribution < 1.29 is 9.53 Å². The Hall–Kier alpha value is -3.64. The van der Waals surface area contributed by atoms with Gasteiger partial charge >= 0.3 is 0 Å². The molecule has 7 heteroatoms. The van der Waals surface area contributed by atoms with Gasteiger partial charge < -0.3 is 9.64 Å². The van der Waals surface area contributed by atoms with Crippen molar-refractivity contribution in [2.45, 2.75) is 19.4 Å². The molecule has 0 saturated carbocycles. The molecule has 0 radical (unpaired) electrons. The van der Waals surface area contributed by atoms with Crippen molar-refractivity contribution in [2.75, 3.05) is 14.2 Å². The molecule has 0 N–H and O–H groups in total. The highest BCUT2D eigenvalue weighted by Crippen LogP contribution is 2.27. The number of nitrogens with zero attached hydrogens (tertiary/aromatic N) is 3. The lowest BCUT2D eigenvalue weighted by Gasteiger charge is -2.29. The molecule has 1 unspecified atom stereocenters. The maximum absolute atomic E-state index is 13.6. The summed E-state index contributed by atoms with van der Waals surface area (Å²) >= 11 is 5.98. The third-order valence-corrected chi connectivity index (χ3v) is 5.95. The molecule has 0 saturated heterocycles. The third kappa shape index (κ3) is 4.34. The van der Waals surface area contributed by atoms with Gasteiger partial charge in [-0.2, -0.15) is 0 Å². The van der Waals surface area contributed by atoms with Crippen LogP contribution in [0.1, 0.15) is 35.6 Å². The van der Waals surface area contributed by atoms with E-state index in [4.69, 9.17) is 21.3 Å². The highest BCUT2D eigenvalue weighted by molar-refractivity contribution is 6.30. The lowest BCUT2D eigenvalue weighted by molar-refractivity contribution is 0.0717. The van der Waals surface area contributed by atoms with Crippen molar-refractivity contribution >= 4 is 28.4 Å². The summed E-state index contributed by atoms with van der Waals surface area (Å²) in [6.07, 6.45) is 0.566. The van der Waals surface area contributed by atoms with E-state index in [1.54, 1.807) is 66.1 Å². The molecule has 0 aliphatic heterocycles. The lowest BCUT2D eigenvalue weighted by Crippen LogP contribution is -2.36. The molecule has 0 bridgehead atoms. The van der Waals surface area contributed by atoms with Gasteiger partial charge in [0.1, 0.15) is 11.6 Å². The minimum absolute atomic E-state index is 0.179. The van der Waals surface area contributed by atoms with Gasteiger partial charge in [0.05, 0.1) is 29.7 Å². The molecular weight excluding hydrogens is 438 g/mol. The molecule has 33 heavy (non-hydrogen) atoms. The number of hydrogen-bond acceptors (Lipinski definition) is 4. The number of aromatic nitrogens is 2. The van der Waals surface area contributed by atoms with Gasteiger partial charge in [-0.15, -0.1) is 0 Å². The van der Waals surface area contributed by atoms with E-state index in [0.29, 0.717) is 45.2 Å². The Balaban J connectivity index is 1.88. The Morgan fingerprint density at radius 1 is 1.06 bits per heavy atom. The maximum atomic E-state index is 13.6. The predicted octanol–water partition coefficient (Wildman–Crippen LogP) is 5.27. The van der Waals surface area contributed by atoms with Crippen molar-refractivity contribution in [1.82, 2.24) is 14.5 Å². The molecule has 4 rings (SSSR count). The van der Waals surface area contributed by atoms with Crippen molar-refractivity contribution in [3.05, 3.63) is 99.6 Å². The lowest BCUT2D eigenvalue weighted by atomic mass is 10.1. The maximum Gasteiger partial charge on any atom is 0.266 e. The second-order valence-electron chi connectivity index (χ2n) is 7.67. The summed E-state index contributed by atoms with van der Waals surface area (Å²) in [4.78, 5) is 33.3. The van der Waals surface area contributed by atoms with Gasteiger partial charge in [-0.1, -0.05) is 30.7 Å². The molecular formula is C26H24ClN3O3. The predicted molar refractivity (Wildman–Crippen MR) is 130 cm³/mol. The van der Waals surface area contributed by atoms with Crippen molar-refractivity contribution in [1.29, 1.82) is 0 Å². The largest absolute Gasteiger partial charge is 0.497 e. The van der Waals surface area contributed by atoms with Gasteiger partial charge in [0.2, 0.25) is 0 Å². The SMILES string of the molecule is CCC(c1nc2ccccc2c(=O)n1-c1ccc(OC)cc1)N(C)C(=O)c1ccc(Cl)cc1. The molecule has 1 atom stereocenters. The normalized spacial score (nSPS) is 11.9. The summed E-state index contributed by atoms with van der Waals surface area (Å²) in [7, 11) is 3.32. The van der Waals surface area contributed by atoms with Crippen LogP contribution in [0, 0.1) is 0 Å². The number of carbonyl (C=O) groups is 1. The summed E-state index contributed by atoms with van der Waals surface area (Å²) in [6, 6.07) is 20.8. The van der Waals surface area contributed by atoms with Gasteiger partial charge in [-0.3, -0.25) is 14.2 Å². The number of methoxy groups -OCH3 is 1. The van der Waals surface area contributed by atoms with Crippen LogP contribution in [0.25, 0.3) is 16.6 Å². The van der Waals surface area contributed by atoms with E-state index in [0.717, 1.165) is 0 Å². The average molecular weight is 462 g/mol. The standard InChI is InChI=1S/C26H24ClN3O3/c1-4-23(29(2)25(31)17-9-11-18(27)12-10-17)24-28-22-8-6-5-7-21(22)26(32)30(24)19-13-15-20(33-3)16-14-19/h5-16,23H,4H2,1-3H3. The van der Waals surface area contributed by atoms with Crippen molar-refractivity contribution in [3.8, 4) is 11.4 Å². The minimum Gasteiger partial charge on any atom is -0.497 e. The zero-order chi connectivity index (χ0) is 23.5. The number of rotatable bonds is 6. The Labute approximate surface area is 197 Å². The molecule has 4 aromatic rings.